The fraction of sp³-hybridized carbons (Fsp3) is 0.917. The van der Waals surface area contributed by atoms with Crippen LogP contribution in [-0.4, -0.2) is 35.4 Å². The Morgan fingerprint density at radius 1 is 1.25 bits per heavy atom. The first kappa shape index (κ1) is 15.4. The molecular weight excluding hydrogens is 206 g/mol. The Balaban J connectivity index is 3.92. The van der Waals surface area contributed by atoms with E-state index in [9.17, 15) is 4.79 Å². The Kier molecular flexibility index (Phi) is 5.97. The van der Waals surface area contributed by atoms with Crippen LogP contribution in [0.15, 0.2) is 0 Å². The lowest BCUT2D eigenvalue weighted by atomic mass is 10.0. The van der Waals surface area contributed by atoms with Gasteiger partial charge in [0.2, 0.25) is 5.91 Å². The molecule has 0 aliphatic carbocycles. The van der Waals surface area contributed by atoms with Crippen molar-refractivity contribution in [2.24, 2.45) is 0 Å². The van der Waals surface area contributed by atoms with Gasteiger partial charge in [0.05, 0.1) is 5.60 Å². The first-order valence-electron chi connectivity index (χ1n) is 5.72. The minimum absolute atomic E-state index is 0.0281. The van der Waals surface area contributed by atoms with Gasteiger partial charge in [-0.05, 0) is 40.5 Å². The van der Waals surface area contributed by atoms with Crippen molar-refractivity contribution in [3.63, 3.8) is 0 Å². The van der Waals surface area contributed by atoms with Gasteiger partial charge in [-0.2, -0.15) is 0 Å². The number of rotatable bonds is 7. The summed E-state index contributed by atoms with van der Waals surface area (Å²) in [5.41, 5.74) is -0.553. The number of aliphatic hydroxyl groups is 1. The van der Waals surface area contributed by atoms with E-state index in [2.05, 4.69) is 5.32 Å². The highest BCUT2D eigenvalue weighted by Crippen LogP contribution is 2.16. The van der Waals surface area contributed by atoms with Crippen molar-refractivity contribution in [3.8, 4) is 0 Å². The van der Waals surface area contributed by atoms with Crippen LogP contribution >= 0.6 is 0 Å². The van der Waals surface area contributed by atoms with Crippen molar-refractivity contribution < 1.29 is 14.6 Å². The molecule has 0 aromatic carbocycles. The van der Waals surface area contributed by atoms with Gasteiger partial charge in [-0.15, -0.1) is 0 Å². The Hall–Kier alpha value is -0.610. The number of amides is 1. The van der Waals surface area contributed by atoms with Crippen LogP contribution in [0.4, 0.5) is 0 Å². The van der Waals surface area contributed by atoms with Crippen LogP contribution in [0.5, 0.6) is 0 Å². The van der Waals surface area contributed by atoms with Crippen LogP contribution in [0, 0.1) is 0 Å². The first-order valence-corrected chi connectivity index (χ1v) is 5.72. The molecule has 0 aromatic heterocycles. The average Bonchev–Trinajstić information content (AvgIpc) is 1.99. The molecular formula is C12H25NO3. The lowest BCUT2D eigenvalue weighted by Gasteiger charge is -2.29. The first-order chi connectivity index (χ1) is 7.18. The molecule has 0 saturated heterocycles. The summed E-state index contributed by atoms with van der Waals surface area (Å²) in [5, 5.41) is 11.7. The van der Waals surface area contributed by atoms with Crippen LogP contribution in [0.25, 0.3) is 0 Å². The number of ether oxygens (including phenoxy) is 1. The van der Waals surface area contributed by atoms with Gasteiger partial charge in [0.15, 0.2) is 0 Å². The highest BCUT2D eigenvalue weighted by Gasteiger charge is 2.22. The number of aliphatic hydroxyl groups excluding tert-OH is 1. The number of nitrogens with one attached hydrogen (secondary N) is 1. The van der Waals surface area contributed by atoms with Crippen LogP contribution in [0.1, 0.15) is 47.5 Å². The van der Waals surface area contributed by atoms with Crippen LogP contribution in [-0.2, 0) is 9.53 Å². The summed E-state index contributed by atoms with van der Waals surface area (Å²) in [6.45, 7) is 10.1. The molecule has 0 aromatic rings. The second-order valence-electron chi connectivity index (χ2n) is 5.40. The molecule has 1 amide bonds. The predicted octanol–water partition coefficient (Wildman–Crippen LogP) is 1.47. The smallest absolute Gasteiger partial charge is 0.217 e. The zero-order valence-electron chi connectivity index (χ0n) is 11.1. The third-order valence-corrected chi connectivity index (χ3v) is 2.45. The molecule has 0 unspecified atom stereocenters. The lowest BCUT2D eigenvalue weighted by molar-refractivity contribution is -0.120. The maximum atomic E-state index is 10.9. The predicted molar refractivity (Wildman–Crippen MR) is 64.2 cm³/mol. The molecule has 0 aliphatic heterocycles. The summed E-state index contributed by atoms with van der Waals surface area (Å²) in [6, 6.07) is 0. The molecule has 16 heavy (non-hydrogen) atoms. The third kappa shape index (κ3) is 7.65. The number of carbonyl (C=O) groups excluding carboxylic acids is 1. The molecule has 0 radical (unpaired) electrons. The second-order valence-corrected chi connectivity index (χ2v) is 5.40. The van der Waals surface area contributed by atoms with Crippen molar-refractivity contribution in [2.45, 2.75) is 58.6 Å². The molecule has 0 spiro atoms. The molecule has 4 heteroatoms. The van der Waals surface area contributed by atoms with Crippen LogP contribution in [0.3, 0.4) is 0 Å². The van der Waals surface area contributed by atoms with Crippen molar-refractivity contribution in [3.05, 3.63) is 0 Å². The van der Waals surface area contributed by atoms with Gasteiger partial charge in [-0.1, -0.05) is 0 Å². The fourth-order valence-electron chi connectivity index (χ4n) is 1.46. The molecule has 4 nitrogen and oxygen atoms in total. The van der Waals surface area contributed by atoms with Crippen molar-refractivity contribution >= 4 is 5.91 Å². The SMILES string of the molecule is CC(=O)NC(C)(C)CCOC(C)(C)CCO. The minimum Gasteiger partial charge on any atom is -0.396 e. The number of hydrogen-bond donors (Lipinski definition) is 2. The summed E-state index contributed by atoms with van der Waals surface area (Å²) < 4.78 is 5.68. The Bertz CT molecular complexity index is 224. The molecule has 96 valence electrons. The summed E-state index contributed by atoms with van der Waals surface area (Å²) in [6.07, 6.45) is 1.37. The van der Waals surface area contributed by atoms with Gasteiger partial charge in [0.25, 0.3) is 0 Å². The third-order valence-electron chi connectivity index (χ3n) is 2.45. The molecule has 2 N–H and O–H groups in total. The summed E-state index contributed by atoms with van der Waals surface area (Å²) in [5.74, 6) is -0.0281. The Morgan fingerprint density at radius 3 is 2.25 bits per heavy atom. The van der Waals surface area contributed by atoms with E-state index in [4.69, 9.17) is 9.84 Å². The molecule has 0 fully saturated rings. The van der Waals surface area contributed by atoms with Gasteiger partial charge in [0, 0.05) is 25.7 Å². The van der Waals surface area contributed by atoms with Crippen molar-refractivity contribution in [1.82, 2.24) is 5.32 Å². The zero-order chi connectivity index (χ0) is 12.8. The molecule has 0 bridgehead atoms. The Labute approximate surface area is 98.4 Å². The van der Waals surface area contributed by atoms with E-state index in [0.29, 0.717) is 13.0 Å². The summed E-state index contributed by atoms with van der Waals surface area (Å²) >= 11 is 0. The van der Waals surface area contributed by atoms with Gasteiger partial charge in [-0.3, -0.25) is 4.79 Å². The highest BCUT2D eigenvalue weighted by atomic mass is 16.5. The van der Waals surface area contributed by atoms with Gasteiger partial charge >= 0.3 is 0 Å². The number of carbonyl (C=O) groups is 1. The average molecular weight is 231 g/mol. The van der Waals surface area contributed by atoms with Gasteiger partial charge < -0.3 is 15.2 Å². The summed E-state index contributed by atoms with van der Waals surface area (Å²) in [4.78, 5) is 10.9. The van der Waals surface area contributed by atoms with E-state index in [0.717, 1.165) is 6.42 Å². The largest absolute Gasteiger partial charge is 0.396 e. The second kappa shape index (κ2) is 6.21. The normalized spacial score (nSPS) is 12.6. The van der Waals surface area contributed by atoms with Crippen LogP contribution in [0.2, 0.25) is 0 Å². The lowest BCUT2D eigenvalue weighted by Crippen LogP contribution is -2.43. The molecule has 0 aliphatic rings. The zero-order valence-corrected chi connectivity index (χ0v) is 11.1. The molecule has 0 saturated carbocycles. The highest BCUT2D eigenvalue weighted by molar-refractivity contribution is 5.73. The van der Waals surface area contributed by atoms with Gasteiger partial charge in [0.1, 0.15) is 0 Å². The van der Waals surface area contributed by atoms with E-state index in [1.807, 2.05) is 27.7 Å². The van der Waals surface area contributed by atoms with E-state index < -0.39 is 0 Å². The van der Waals surface area contributed by atoms with E-state index in [1.165, 1.54) is 6.92 Å². The Morgan fingerprint density at radius 2 is 1.81 bits per heavy atom. The summed E-state index contributed by atoms with van der Waals surface area (Å²) in [7, 11) is 0. The topological polar surface area (TPSA) is 58.6 Å². The molecule has 0 rings (SSSR count). The minimum atomic E-state index is -0.305. The molecule has 0 atom stereocenters. The van der Waals surface area contributed by atoms with E-state index in [-0.39, 0.29) is 23.7 Å². The van der Waals surface area contributed by atoms with Crippen molar-refractivity contribution in [2.75, 3.05) is 13.2 Å². The monoisotopic (exact) mass is 231 g/mol. The van der Waals surface area contributed by atoms with Gasteiger partial charge in [-0.25, -0.2) is 0 Å². The van der Waals surface area contributed by atoms with E-state index >= 15 is 0 Å². The quantitative estimate of drug-likeness (QED) is 0.697. The van der Waals surface area contributed by atoms with Crippen molar-refractivity contribution in [1.29, 1.82) is 0 Å². The fourth-order valence-corrected chi connectivity index (χ4v) is 1.46. The maximum absolute atomic E-state index is 10.9. The number of hydrogen-bond acceptors (Lipinski definition) is 3. The standard InChI is InChI=1S/C12H25NO3/c1-10(15)13-11(2,3)7-9-16-12(4,5)6-8-14/h14H,6-9H2,1-5H3,(H,13,15). The molecule has 0 heterocycles. The van der Waals surface area contributed by atoms with E-state index in [1.54, 1.807) is 0 Å². The van der Waals surface area contributed by atoms with Crippen LogP contribution < -0.4 is 5.32 Å². The maximum Gasteiger partial charge on any atom is 0.217 e.